The van der Waals surface area contributed by atoms with E-state index in [0.29, 0.717) is 6.54 Å². The lowest BCUT2D eigenvalue weighted by atomic mass is 9.93. The van der Waals surface area contributed by atoms with Gasteiger partial charge in [-0.1, -0.05) is 30.7 Å². The van der Waals surface area contributed by atoms with Crippen molar-refractivity contribution in [2.75, 3.05) is 6.54 Å². The molecule has 1 N–H and O–H groups in total. The van der Waals surface area contributed by atoms with Crippen molar-refractivity contribution in [1.29, 1.82) is 0 Å². The Hall–Kier alpha value is -1.26. The Labute approximate surface area is 132 Å². The van der Waals surface area contributed by atoms with E-state index in [-0.39, 0.29) is 10.0 Å². The minimum Gasteiger partial charge on any atom is -0.306 e. The van der Waals surface area contributed by atoms with Gasteiger partial charge in [-0.3, -0.25) is 0 Å². The van der Waals surface area contributed by atoms with E-state index >= 15 is 0 Å². The van der Waals surface area contributed by atoms with Gasteiger partial charge in [-0.15, -0.1) is 0 Å². The molecule has 0 saturated carbocycles. The summed E-state index contributed by atoms with van der Waals surface area (Å²) in [5, 5.41) is 3.18. The molecule has 1 unspecified atom stereocenters. The van der Waals surface area contributed by atoms with Crippen LogP contribution in [0.25, 0.3) is 0 Å². The first-order valence-electron chi connectivity index (χ1n) is 6.89. The van der Waals surface area contributed by atoms with Crippen molar-refractivity contribution in [3.63, 3.8) is 0 Å². The van der Waals surface area contributed by atoms with Crippen molar-refractivity contribution in [2.45, 2.75) is 26.8 Å². The summed E-state index contributed by atoms with van der Waals surface area (Å²) in [6.45, 7) is 6.49. The number of halogens is 3. The van der Waals surface area contributed by atoms with E-state index in [2.05, 4.69) is 21.2 Å². The summed E-state index contributed by atoms with van der Waals surface area (Å²) in [6, 6.07) is 8.08. The Kier molecular flexibility index (Phi) is 5.12. The van der Waals surface area contributed by atoms with Crippen LogP contribution in [0.1, 0.15) is 35.2 Å². The fraction of sp³-hybridized carbons (Fsp3) is 0.294. The van der Waals surface area contributed by atoms with E-state index in [4.69, 9.17) is 0 Å². The van der Waals surface area contributed by atoms with Crippen LogP contribution in [0.4, 0.5) is 8.78 Å². The molecule has 1 atom stereocenters. The molecule has 0 amide bonds. The average Bonchev–Trinajstić information content (AvgIpc) is 2.43. The lowest BCUT2D eigenvalue weighted by molar-refractivity contribution is 0.506. The second-order valence-electron chi connectivity index (χ2n) is 5.11. The van der Waals surface area contributed by atoms with Gasteiger partial charge in [-0.05, 0) is 59.6 Å². The summed E-state index contributed by atoms with van der Waals surface area (Å²) in [7, 11) is 0. The summed E-state index contributed by atoms with van der Waals surface area (Å²) in [5.41, 5.74) is 3.08. The van der Waals surface area contributed by atoms with Crippen LogP contribution in [0.3, 0.4) is 0 Å². The monoisotopic (exact) mass is 353 g/mol. The van der Waals surface area contributed by atoms with Crippen molar-refractivity contribution in [3.8, 4) is 0 Å². The van der Waals surface area contributed by atoms with E-state index in [0.717, 1.165) is 16.7 Å². The smallest absolute Gasteiger partial charge is 0.145 e. The third kappa shape index (κ3) is 3.33. The molecule has 0 bridgehead atoms. The third-order valence-electron chi connectivity index (χ3n) is 3.51. The SMILES string of the molecule is CCNC(c1ccc(C)cc1C)c1c(F)ccc(Br)c1F. The van der Waals surface area contributed by atoms with Crippen LogP contribution in [0.5, 0.6) is 0 Å². The zero-order chi connectivity index (χ0) is 15.6. The summed E-state index contributed by atoms with van der Waals surface area (Å²) in [4.78, 5) is 0. The molecule has 112 valence electrons. The first kappa shape index (κ1) is 16.1. The van der Waals surface area contributed by atoms with Gasteiger partial charge in [0.1, 0.15) is 11.6 Å². The molecule has 21 heavy (non-hydrogen) atoms. The number of hydrogen-bond donors (Lipinski definition) is 1. The van der Waals surface area contributed by atoms with Crippen molar-refractivity contribution in [1.82, 2.24) is 5.32 Å². The van der Waals surface area contributed by atoms with E-state index in [1.54, 1.807) is 0 Å². The molecule has 4 heteroatoms. The van der Waals surface area contributed by atoms with Gasteiger partial charge in [0.2, 0.25) is 0 Å². The number of nitrogens with one attached hydrogen (secondary N) is 1. The second-order valence-corrected chi connectivity index (χ2v) is 5.96. The normalized spacial score (nSPS) is 12.5. The maximum absolute atomic E-state index is 14.4. The highest BCUT2D eigenvalue weighted by Gasteiger charge is 2.24. The highest BCUT2D eigenvalue weighted by atomic mass is 79.9. The van der Waals surface area contributed by atoms with Gasteiger partial charge >= 0.3 is 0 Å². The van der Waals surface area contributed by atoms with Crippen molar-refractivity contribution in [3.05, 3.63) is 68.7 Å². The van der Waals surface area contributed by atoms with Crippen LogP contribution in [0, 0.1) is 25.5 Å². The third-order valence-corrected chi connectivity index (χ3v) is 4.13. The van der Waals surface area contributed by atoms with E-state index < -0.39 is 17.7 Å². The van der Waals surface area contributed by atoms with Crippen LogP contribution in [0.2, 0.25) is 0 Å². The van der Waals surface area contributed by atoms with Gasteiger partial charge in [0.25, 0.3) is 0 Å². The maximum Gasteiger partial charge on any atom is 0.145 e. The number of benzene rings is 2. The minimum absolute atomic E-state index is 0.0539. The first-order chi connectivity index (χ1) is 9.95. The van der Waals surface area contributed by atoms with Crippen molar-refractivity contribution in [2.24, 2.45) is 0 Å². The molecule has 0 aromatic heterocycles. The topological polar surface area (TPSA) is 12.0 Å². The summed E-state index contributed by atoms with van der Waals surface area (Å²) in [5.74, 6) is -1.09. The molecule has 2 aromatic rings. The Bertz CT molecular complexity index is 655. The van der Waals surface area contributed by atoms with Gasteiger partial charge in [-0.2, -0.15) is 0 Å². The lowest BCUT2D eigenvalue weighted by Crippen LogP contribution is -2.25. The lowest BCUT2D eigenvalue weighted by Gasteiger charge is -2.22. The largest absolute Gasteiger partial charge is 0.306 e. The Morgan fingerprint density at radius 2 is 1.86 bits per heavy atom. The average molecular weight is 354 g/mol. The molecule has 0 aliphatic rings. The first-order valence-corrected chi connectivity index (χ1v) is 7.69. The molecule has 0 aliphatic carbocycles. The molecule has 0 spiro atoms. The molecule has 1 nitrogen and oxygen atoms in total. The number of aryl methyl sites for hydroxylation is 2. The fourth-order valence-corrected chi connectivity index (χ4v) is 2.87. The summed E-state index contributed by atoms with van der Waals surface area (Å²) < 4.78 is 28.9. The molecule has 2 aromatic carbocycles. The molecule has 0 aliphatic heterocycles. The van der Waals surface area contributed by atoms with Gasteiger partial charge in [0.05, 0.1) is 10.5 Å². The van der Waals surface area contributed by atoms with Crippen LogP contribution in [-0.4, -0.2) is 6.54 Å². The van der Waals surface area contributed by atoms with Crippen molar-refractivity contribution < 1.29 is 8.78 Å². The molecular formula is C17H18BrF2N. The van der Waals surface area contributed by atoms with E-state index in [1.165, 1.54) is 12.1 Å². The van der Waals surface area contributed by atoms with Crippen LogP contribution >= 0.6 is 15.9 Å². The zero-order valence-corrected chi connectivity index (χ0v) is 13.9. The summed E-state index contributed by atoms with van der Waals surface area (Å²) >= 11 is 3.13. The predicted molar refractivity (Wildman–Crippen MR) is 85.5 cm³/mol. The zero-order valence-electron chi connectivity index (χ0n) is 12.3. The molecule has 0 saturated heterocycles. The van der Waals surface area contributed by atoms with Crippen LogP contribution in [0.15, 0.2) is 34.8 Å². The predicted octanol–water partition coefficient (Wildman–Crippen LogP) is 5.04. The highest BCUT2D eigenvalue weighted by molar-refractivity contribution is 9.10. The van der Waals surface area contributed by atoms with Gasteiger partial charge in [0, 0.05) is 5.56 Å². The molecule has 2 rings (SSSR count). The fourth-order valence-electron chi connectivity index (χ4n) is 2.53. The van der Waals surface area contributed by atoms with E-state index in [9.17, 15) is 8.78 Å². The summed E-state index contributed by atoms with van der Waals surface area (Å²) in [6.07, 6.45) is 0. The van der Waals surface area contributed by atoms with Crippen LogP contribution < -0.4 is 5.32 Å². The standard InChI is InChI=1S/C17H18BrF2N/c1-4-21-17(12-6-5-10(2)9-11(12)3)15-14(19)8-7-13(18)16(15)20/h5-9,17,21H,4H2,1-3H3. The second kappa shape index (κ2) is 6.67. The van der Waals surface area contributed by atoms with Crippen LogP contribution in [-0.2, 0) is 0 Å². The Morgan fingerprint density at radius 1 is 1.14 bits per heavy atom. The van der Waals surface area contributed by atoms with Crippen molar-refractivity contribution >= 4 is 15.9 Å². The maximum atomic E-state index is 14.4. The number of rotatable bonds is 4. The highest BCUT2D eigenvalue weighted by Crippen LogP contribution is 2.32. The quantitative estimate of drug-likeness (QED) is 0.759. The van der Waals surface area contributed by atoms with E-state index in [1.807, 2.05) is 39.0 Å². The molecule has 0 fully saturated rings. The Morgan fingerprint density at radius 3 is 2.48 bits per heavy atom. The number of hydrogen-bond acceptors (Lipinski definition) is 1. The van der Waals surface area contributed by atoms with Gasteiger partial charge in [0.15, 0.2) is 0 Å². The molecule has 0 heterocycles. The Balaban J connectivity index is 2.61. The molecular weight excluding hydrogens is 336 g/mol. The van der Waals surface area contributed by atoms with Gasteiger partial charge < -0.3 is 5.32 Å². The van der Waals surface area contributed by atoms with Gasteiger partial charge in [-0.25, -0.2) is 8.78 Å². The molecule has 0 radical (unpaired) electrons. The minimum atomic E-state index is -0.555.